The first kappa shape index (κ1) is 23.3. The van der Waals surface area contributed by atoms with Gasteiger partial charge in [0.2, 0.25) is 10.0 Å². The molecule has 1 heterocycles. The highest BCUT2D eigenvalue weighted by Gasteiger charge is 2.29. The molecule has 1 atom stereocenters. The molecule has 0 unspecified atom stereocenters. The molecule has 0 aromatic heterocycles. The number of benzene rings is 2. The number of nitrogens with zero attached hydrogens (tertiary/aromatic N) is 1. The van der Waals surface area contributed by atoms with Gasteiger partial charge in [0.25, 0.3) is 5.91 Å². The van der Waals surface area contributed by atoms with E-state index in [1.54, 1.807) is 0 Å². The van der Waals surface area contributed by atoms with E-state index in [1.165, 1.54) is 46.5 Å². The van der Waals surface area contributed by atoms with Gasteiger partial charge in [0.1, 0.15) is 0 Å². The van der Waals surface area contributed by atoms with Crippen LogP contribution in [0.1, 0.15) is 72.6 Å². The molecule has 0 saturated carbocycles. The number of halogens is 1. The summed E-state index contributed by atoms with van der Waals surface area (Å²) in [5.74, 6) is 0.155. The van der Waals surface area contributed by atoms with E-state index in [2.05, 4.69) is 30.4 Å². The normalized spacial score (nSPS) is 18.7. The summed E-state index contributed by atoms with van der Waals surface area (Å²) in [6.07, 6.45) is 6.31. The van der Waals surface area contributed by atoms with Crippen LogP contribution in [0.15, 0.2) is 41.3 Å². The summed E-state index contributed by atoms with van der Waals surface area (Å²) < 4.78 is 27.7. The van der Waals surface area contributed by atoms with Gasteiger partial charge < -0.3 is 5.32 Å². The van der Waals surface area contributed by atoms with Crippen molar-refractivity contribution in [1.29, 1.82) is 0 Å². The average molecular weight is 475 g/mol. The molecule has 1 aliphatic heterocycles. The second kappa shape index (κ2) is 9.54. The molecule has 1 amide bonds. The number of carbonyl (C=O) groups is 1. The molecular weight excluding hydrogens is 444 g/mol. The van der Waals surface area contributed by atoms with Crippen LogP contribution in [-0.2, 0) is 22.9 Å². The Labute approximate surface area is 196 Å². The summed E-state index contributed by atoms with van der Waals surface area (Å²) in [5.41, 5.74) is 3.98. The van der Waals surface area contributed by atoms with Crippen LogP contribution in [0.2, 0.25) is 5.02 Å². The molecule has 1 saturated heterocycles. The van der Waals surface area contributed by atoms with Crippen molar-refractivity contribution in [2.45, 2.75) is 63.3 Å². The minimum absolute atomic E-state index is 0.114. The van der Waals surface area contributed by atoms with Crippen LogP contribution in [0.3, 0.4) is 0 Å². The van der Waals surface area contributed by atoms with E-state index in [-0.39, 0.29) is 27.4 Å². The van der Waals surface area contributed by atoms with Gasteiger partial charge in [-0.2, -0.15) is 4.31 Å². The number of sulfonamides is 1. The Balaban J connectivity index is 1.52. The van der Waals surface area contributed by atoms with Gasteiger partial charge in [-0.1, -0.05) is 36.7 Å². The van der Waals surface area contributed by atoms with E-state index in [4.69, 9.17) is 11.6 Å². The Hall–Kier alpha value is -1.89. The summed E-state index contributed by atoms with van der Waals surface area (Å²) in [5, 5.41) is 3.23. The van der Waals surface area contributed by atoms with Crippen molar-refractivity contribution in [2.75, 3.05) is 13.1 Å². The molecule has 1 aliphatic carbocycles. The van der Waals surface area contributed by atoms with E-state index in [0.29, 0.717) is 19.0 Å². The quantitative estimate of drug-likeness (QED) is 0.653. The molecule has 0 spiro atoms. The third kappa shape index (κ3) is 4.87. The maximum atomic E-state index is 13.1. The average Bonchev–Trinajstić information content (AvgIpc) is 2.79. The number of nitrogens with one attached hydrogen (secondary N) is 1. The van der Waals surface area contributed by atoms with E-state index in [1.807, 2.05) is 6.92 Å². The number of hydrogen-bond acceptors (Lipinski definition) is 3. The van der Waals surface area contributed by atoms with Gasteiger partial charge in [-0.25, -0.2) is 8.42 Å². The topological polar surface area (TPSA) is 66.5 Å². The third-order valence-electron chi connectivity index (χ3n) is 6.78. The van der Waals surface area contributed by atoms with Crippen molar-refractivity contribution in [3.8, 4) is 0 Å². The Morgan fingerprint density at radius 2 is 1.75 bits per heavy atom. The first-order valence-corrected chi connectivity index (χ1v) is 13.3. The predicted molar refractivity (Wildman–Crippen MR) is 128 cm³/mol. The largest absolute Gasteiger partial charge is 0.345 e. The van der Waals surface area contributed by atoms with Gasteiger partial charge in [-0.3, -0.25) is 4.79 Å². The molecule has 32 heavy (non-hydrogen) atoms. The second-order valence-electron chi connectivity index (χ2n) is 9.16. The smallest absolute Gasteiger partial charge is 0.253 e. The van der Waals surface area contributed by atoms with Crippen LogP contribution >= 0.6 is 11.6 Å². The highest BCUT2D eigenvalue weighted by atomic mass is 35.5. The number of carbonyl (C=O) groups excluding carboxylic acids is 1. The number of aryl methyl sites for hydroxylation is 2. The summed E-state index contributed by atoms with van der Waals surface area (Å²) in [6.45, 7) is 5.08. The first-order valence-electron chi connectivity index (χ1n) is 11.5. The summed E-state index contributed by atoms with van der Waals surface area (Å²) >= 11 is 6.30. The highest BCUT2D eigenvalue weighted by molar-refractivity contribution is 7.89. The second-order valence-corrected chi connectivity index (χ2v) is 11.5. The lowest BCUT2D eigenvalue weighted by molar-refractivity contribution is 0.0940. The monoisotopic (exact) mass is 474 g/mol. The zero-order valence-electron chi connectivity index (χ0n) is 18.7. The van der Waals surface area contributed by atoms with E-state index in [0.717, 1.165) is 31.2 Å². The number of amides is 1. The van der Waals surface area contributed by atoms with Gasteiger partial charge in [0.15, 0.2) is 0 Å². The van der Waals surface area contributed by atoms with E-state index in [9.17, 15) is 13.2 Å². The lowest BCUT2D eigenvalue weighted by Gasteiger charge is -2.29. The Bertz CT molecular complexity index is 1110. The summed E-state index contributed by atoms with van der Waals surface area (Å²) in [4.78, 5) is 13.1. The highest BCUT2D eigenvalue weighted by Crippen LogP contribution is 2.28. The fraction of sp³-hybridized carbons (Fsp3) is 0.480. The number of rotatable bonds is 5. The lowest BCUT2D eigenvalue weighted by atomic mass is 9.89. The van der Waals surface area contributed by atoms with Crippen LogP contribution in [0.5, 0.6) is 0 Å². The molecular formula is C25H31ClN2O3S. The van der Waals surface area contributed by atoms with Gasteiger partial charge in [-0.15, -0.1) is 0 Å². The van der Waals surface area contributed by atoms with Crippen LogP contribution in [0, 0.1) is 5.92 Å². The summed E-state index contributed by atoms with van der Waals surface area (Å²) in [7, 11) is -3.65. The molecule has 2 aromatic carbocycles. The molecule has 7 heteroatoms. The molecule has 2 aliphatic rings. The zero-order chi connectivity index (χ0) is 22.9. The van der Waals surface area contributed by atoms with E-state index >= 15 is 0 Å². The number of hydrogen-bond donors (Lipinski definition) is 1. The molecule has 2 aromatic rings. The standard InChI is InChI=1S/C25H31ClN2O3S/c1-17-11-13-28(14-12-17)32(30,31)22-9-10-24(26)23(16-22)25(29)27-18(2)20-8-7-19-5-3-4-6-21(19)15-20/h7-10,15-18H,3-6,11-14H2,1-2H3,(H,27,29)/t18-/m0/s1. The molecule has 0 radical (unpaired) electrons. The van der Waals surface area contributed by atoms with Crippen molar-refractivity contribution in [3.63, 3.8) is 0 Å². The Morgan fingerprint density at radius 3 is 2.47 bits per heavy atom. The number of fused-ring (bicyclic) bond motifs is 1. The van der Waals surface area contributed by atoms with E-state index < -0.39 is 10.0 Å². The Morgan fingerprint density at radius 1 is 1.06 bits per heavy atom. The van der Waals surface area contributed by atoms with Crippen molar-refractivity contribution >= 4 is 27.5 Å². The van der Waals surface area contributed by atoms with Crippen LogP contribution in [0.25, 0.3) is 0 Å². The van der Waals surface area contributed by atoms with Gasteiger partial charge >= 0.3 is 0 Å². The van der Waals surface area contributed by atoms with Crippen molar-refractivity contribution in [2.24, 2.45) is 5.92 Å². The molecule has 1 N–H and O–H groups in total. The van der Waals surface area contributed by atoms with Crippen molar-refractivity contribution in [3.05, 3.63) is 63.7 Å². The summed E-state index contributed by atoms with van der Waals surface area (Å²) in [6, 6.07) is 10.6. The lowest BCUT2D eigenvalue weighted by Crippen LogP contribution is -2.38. The van der Waals surface area contributed by atoms with Crippen LogP contribution in [-0.4, -0.2) is 31.7 Å². The molecule has 172 valence electrons. The van der Waals surface area contributed by atoms with Crippen molar-refractivity contribution < 1.29 is 13.2 Å². The zero-order valence-corrected chi connectivity index (χ0v) is 20.3. The first-order chi connectivity index (χ1) is 15.3. The SMILES string of the molecule is CC1CCN(S(=O)(=O)c2ccc(Cl)c(C(=O)N[C@@H](C)c3ccc4c(c3)CCCC4)c2)CC1. The molecule has 4 rings (SSSR count). The van der Waals surface area contributed by atoms with Crippen LogP contribution < -0.4 is 5.32 Å². The minimum Gasteiger partial charge on any atom is -0.345 e. The molecule has 5 nitrogen and oxygen atoms in total. The minimum atomic E-state index is -3.65. The molecule has 1 fully saturated rings. The fourth-order valence-electron chi connectivity index (χ4n) is 4.59. The van der Waals surface area contributed by atoms with Gasteiger partial charge in [0.05, 0.1) is 21.5 Å². The Kier molecular flexibility index (Phi) is 6.94. The van der Waals surface area contributed by atoms with Gasteiger partial charge in [-0.05, 0) is 86.3 Å². The number of piperidine rings is 1. The maximum Gasteiger partial charge on any atom is 0.253 e. The molecule has 0 bridgehead atoms. The predicted octanol–water partition coefficient (Wildman–Crippen LogP) is 5.13. The van der Waals surface area contributed by atoms with Gasteiger partial charge in [0, 0.05) is 13.1 Å². The maximum absolute atomic E-state index is 13.1. The van der Waals surface area contributed by atoms with Crippen molar-refractivity contribution in [1.82, 2.24) is 9.62 Å². The van der Waals surface area contributed by atoms with Crippen LogP contribution in [0.4, 0.5) is 0 Å². The third-order valence-corrected chi connectivity index (χ3v) is 9.01. The fourth-order valence-corrected chi connectivity index (χ4v) is 6.29.